The lowest BCUT2D eigenvalue weighted by Gasteiger charge is -2.09. The van der Waals surface area contributed by atoms with Crippen molar-refractivity contribution in [3.05, 3.63) is 29.8 Å². The van der Waals surface area contributed by atoms with E-state index in [0.29, 0.717) is 11.5 Å². The highest BCUT2D eigenvalue weighted by atomic mass is 16.6. The van der Waals surface area contributed by atoms with E-state index in [2.05, 4.69) is 4.74 Å². The molecule has 0 aliphatic carbocycles. The molecule has 0 aromatic heterocycles. The standard InChI is InChI=1S/C13H16O5/c1-16-12-6-5-11(18-9-13(15)17-2)8-10(12)4-3-7-14/h3-6,8,14H,7,9H2,1-2H3/b4-3+. The van der Waals surface area contributed by atoms with Gasteiger partial charge in [0.1, 0.15) is 11.5 Å². The second kappa shape index (κ2) is 7.34. The van der Waals surface area contributed by atoms with Gasteiger partial charge in [0.15, 0.2) is 6.61 Å². The highest BCUT2D eigenvalue weighted by Crippen LogP contribution is 2.25. The first-order valence-corrected chi connectivity index (χ1v) is 5.36. The van der Waals surface area contributed by atoms with Gasteiger partial charge in [0.25, 0.3) is 0 Å². The predicted octanol–water partition coefficient (Wildman–Crippen LogP) is 1.25. The maximum absolute atomic E-state index is 10.9. The number of esters is 1. The van der Waals surface area contributed by atoms with Crippen LogP contribution in [0.4, 0.5) is 0 Å². The SMILES string of the molecule is COC(=O)COc1ccc(OC)c(/C=C/CO)c1. The molecule has 0 saturated carbocycles. The van der Waals surface area contributed by atoms with Crippen LogP contribution in [-0.4, -0.2) is 38.5 Å². The van der Waals surface area contributed by atoms with Crippen molar-refractivity contribution < 1.29 is 24.1 Å². The third-order valence-corrected chi connectivity index (χ3v) is 2.19. The van der Waals surface area contributed by atoms with Crippen LogP contribution in [0.15, 0.2) is 24.3 Å². The van der Waals surface area contributed by atoms with Crippen LogP contribution < -0.4 is 9.47 Å². The second-order valence-electron chi connectivity index (χ2n) is 3.35. The Morgan fingerprint density at radius 3 is 2.78 bits per heavy atom. The van der Waals surface area contributed by atoms with E-state index in [1.165, 1.54) is 7.11 Å². The molecule has 0 bridgehead atoms. The zero-order chi connectivity index (χ0) is 13.4. The number of carbonyl (C=O) groups excluding carboxylic acids is 1. The smallest absolute Gasteiger partial charge is 0.343 e. The molecule has 0 fully saturated rings. The Labute approximate surface area is 106 Å². The first-order chi connectivity index (χ1) is 8.71. The van der Waals surface area contributed by atoms with Crippen LogP contribution in [0.25, 0.3) is 6.08 Å². The van der Waals surface area contributed by atoms with Gasteiger partial charge in [-0.2, -0.15) is 0 Å². The quantitative estimate of drug-likeness (QED) is 0.772. The molecule has 1 N–H and O–H groups in total. The van der Waals surface area contributed by atoms with E-state index in [1.54, 1.807) is 37.5 Å². The first-order valence-electron chi connectivity index (χ1n) is 5.36. The maximum atomic E-state index is 10.9. The minimum Gasteiger partial charge on any atom is -0.496 e. The third-order valence-electron chi connectivity index (χ3n) is 2.19. The fraction of sp³-hybridized carbons (Fsp3) is 0.308. The zero-order valence-electron chi connectivity index (χ0n) is 10.4. The van der Waals surface area contributed by atoms with Gasteiger partial charge in [-0.15, -0.1) is 0 Å². The summed E-state index contributed by atoms with van der Waals surface area (Å²) in [6, 6.07) is 5.13. The Morgan fingerprint density at radius 1 is 1.39 bits per heavy atom. The number of carbonyl (C=O) groups is 1. The molecule has 0 saturated heterocycles. The number of hydrogen-bond acceptors (Lipinski definition) is 5. The van der Waals surface area contributed by atoms with E-state index in [-0.39, 0.29) is 13.2 Å². The van der Waals surface area contributed by atoms with Gasteiger partial charge in [0, 0.05) is 5.56 Å². The van der Waals surface area contributed by atoms with Crippen LogP contribution in [0.3, 0.4) is 0 Å². The van der Waals surface area contributed by atoms with Gasteiger partial charge in [-0.25, -0.2) is 4.79 Å². The van der Waals surface area contributed by atoms with Crippen molar-refractivity contribution >= 4 is 12.0 Å². The van der Waals surface area contributed by atoms with E-state index in [1.807, 2.05) is 0 Å². The molecular weight excluding hydrogens is 236 g/mol. The van der Waals surface area contributed by atoms with E-state index >= 15 is 0 Å². The third kappa shape index (κ3) is 4.10. The van der Waals surface area contributed by atoms with Gasteiger partial charge < -0.3 is 19.3 Å². The normalized spacial score (nSPS) is 10.4. The fourth-order valence-electron chi connectivity index (χ4n) is 1.31. The van der Waals surface area contributed by atoms with Crippen molar-refractivity contribution in [2.75, 3.05) is 27.4 Å². The van der Waals surface area contributed by atoms with E-state index in [4.69, 9.17) is 14.6 Å². The molecule has 1 rings (SSSR count). The van der Waals surface area contributed by atoms with Crippen molar-refractivity contribution in [2.45, 2.75) is 0 Å². The summed E-state index contributed by atoms with van der Waals surface area (Å²) in [5.41, 5.74) is 0.758. The number of ether oxygens (including phenoxy) is 3. The molecule has 5 heteroatoms. The summed E-state index contributed by atoms with van der Waals surface area (Å²) in [5.74, 6) is 0.738. The summed E-state index contributed by atoms with van der Waals surface area (Å²) >= 11 is 0. The zero-order valence-corrected chi connectivity index (χ0v) is 10.4. The maximum Gasteiger partial charge on any atom is 0.343 e. The number of hydrogen-bond donors (Lipinski definition) is 1. The molecule has 0 radical (unpaired) electrons. The average Bonchev–Trinajstić information content (AvgIpc) is 2.42. The number of rotatable bonds is 6. The minimum atomic E-state index is -0.446. The predicted molar refractivity (Wildman–Crippen MR) is 66.6 cm³/mol. The average molecular weight is 252 g/mol. The van der Waals surface area contributed by atoms with E-state index in [9.17, 15) is 4.79 Å². The molecule has 5 nitrogen and oxygen atoms in total. The molecule has 0 aliphatic rings. The van der Waals surface area contributed by atoms with Crippen molar-refractivity contribution in [3.8, 4) is 11.5 Å². The van der Waals surface area contributed by atoms with Crippen molar-refractivity contribution in [1.29, 1.82) is 0 Å². The first kappa shape index (κ1) is 14.1. The Morgan fingerprint density at radius 2 is 2.17 bits per heavy atom. The lowest BCUT2D eigenvalue weighted by Crippen LogP contribution is -2.12. The van der Waals surface area contributed by atoms with Crippen LogP contribution >= 0.6 is 0 Å². The van der Waals surface area contributed by atoms with Gasteiger partial charge in [-0.1, -0.05) is 12.2 Å². The molecule has 0 amide bonds. The van der Waals surface area contributed by atoms with Crippen molar-refractivity contribution in [3.63, 3.8) is 0 Å². The number of aliphatic hydroxyl groups is 1. The number of benzene rings is 1. The highest BCUT2D eigenvalue weighted by molar-refractivity contribution is 5.71. The largest absolute Gasteiger partial charge is 0.496 e. The van der Waals surface area contributed by atoms with Crippen LogP contribution in [-0.2, 0) is 9.53 Å². The Kier molecular flexibility index (Phi) is 5.73. The summed E-state index contributed by atoms with van der Waals surface area (Å²) in [7, 11) is 2.86. The monoisotopic (exact) mass is 252 g/mol. The van der Waals surface area contributed by atoms with Crippen molar-refractivity contribution in [1.82, 2.24) is 0 Å². The molecule has 98 valence electrons. The second-order valence-corrected chi connectivity index (χ2v) is 3.35. The lowest BCUT2D eigenvalue weighted by molar-refractivity contribution is -0.142. The molecule has 0 unspecified atom stereocenters. The van der Waals surface area contributed by atoms with Gasteiger partial charge in [0.05, 0.1) is 20.8 Å². The highest BCUT2D eigenvalue weighted by Gasteiger charge is 2.05. The van der Waals surface area contributed by atoms with Crippen LogP contribution in [0, 0.1) is 0 Å². The van der Waals surface area contributed by atoms with Gasteiger partial charge >= 0.3 is 5.97 Å². The summed E-state index contributed by atoms with van der Waals surface area (Å²) in [6.07, 6.45) is 3.30. The summed E-state index contributed by atoms with van der Waals surface area (Å²) < 4.78 is 14.9. The van der Waals surface area contributed by atoms with Crippen molar-refractivity contribution in [2.24, 2.45) is 0 Å². The molecular formula is C13H16O5. The Bertz CT molecular complexity index is 425. The molecule has 1 aromatic rings. The van der Waals surface area contributed by atoms with Gasteiger partial charge in [-0.3, -0.25) is 0 Å². The molecule has 18 heavy (non-hydrogen) atoms. The molecule has 0 aliphatic heterocycles. The Hall–Kier alpha value is -2.01. The topological polar surface area (TPSA) is 65.0 Å². The molecule has 0 spiro atoms. The van der Waals surface area contributed by atoms with Crippen LogP contribution in [0.1, 0.15) is 5.56 Å². The lowest BCUT2D eigenvalue weighted by atomic mass is 10.1. The Balaban J connectivity index is 2.82. The summed E-state index contributed by atoms with van der Waals surface area (Å²) in [4.78, 5) is 10.9. The van der Waals surface area contributed by atoms with E-state index in [0.717, 1.165) is 5.56 Å². The van der Waals surface area contributed by atoms with E-state index < -0.39 is 5.97 Å². The minimum absolute atomic E-state index is 0.0591. The van der Waals surface area contributed by atoms with Crippen LogP contribution in [0.2, 0.25) is 0 Å². The summed E-state index contributed by atoms with van der Waals surface area (Å²) in [6.45, 7) is -0.206. The fourth-order valence-corrected chi connectivity index (χ4v) is 1.31. The number of methoxy groups -OCH3 is 2. The van der Waals surface area contributed by atoms with Gasteiger partial charge in [-0.05, 0) is 18.2 Å². The molecule has 0 atom stereocenters. The van der Waals surface area contributed by atoms with Crippen LogP contribution in [0.5, 0.6) is 11.5 Å². The number of aliphatic hydroxyl groups excluding tert-OH is 1. The van der Waals surface area contributed by atoms with Gasteiger partial charge in [0.2, 0.25) is 0 Å². The summed E-state index contributed by atoms with van der Waals surface area (Å²) in [5, 5.41) is 8.75. The molecule has 0 heterocycles. The molecule has 1 aromatic carbocycles.